The summed E-state index contributed by atoms with van der Waals surface area (Å²) in [5.74, 6) is -6.61. The second-order valence-electron chi connectivity index (χ2n) is 18.7. The van der Waals surface area contributed by atoms with Crippen molar-refractivity contribution in [2.45, 2.75) is 94.7 Å². The van der Waals surface area contributed by atoms with Gasteiger partial charge in [0.2, 0.25) is 11.8 Å². The number of rotatable bonds is 18. The molecule has 3 fully saturated rings. The minimum Gasteiger partial charge on any atom is -0.468 e. The van der Waals surface area contributed by atoms with Crippen molar-refractivity contribution in [1.82, 2.24) is 34.8 Å². The number of halogens is 5. The Bertz CT molecular complexity index is 3080. The molecular weight excluding hydrogens is 1000 g/mol. The van der Waals surface area contributed by atoms with Crippen molar-refractivity contribution >= 4 is 58.1 Å². The molecule has 2 aromatic carbocycles. The van der Waals surface area contributed by atoms with Gasteiger partial charge in [-0.05, 0) is 73.6 Å². The van der Waals surface area contributed by atoms with E-state index in [-0.39, 0.29) is 40.5 Å². The summed E-state index contributed by atoms with van der Waals surface area (Å²) in [5, 5.41) is 42.2. The zero-order chi connectivity index (χ0) is 53.0. The smallest absolute Gasteiger partial charge is 0.261 e. The Balaban J connectivity index is 0.963. The third-order valence-electron chi connectivity index (χ3n) is 13.6. The Labute approximate surface area is 433 Å². The van der Waals surface area contributed by atoms with E-state index in [0.717, 1.165) is 81.7 Å². The number of nitrogens with one attached hydrogen (secondary N) is 2. The molecule has 3 aliphatic rings. The number of benzene rings is 2. The average molecular weight is 1050 g/mol. The van der Waals surface area contributed by atoms with E-state index >= 15 is 13.6 Å². The number of carbonyl (C=O) groups is 3. The highest BCUT2D eigenvalue weighted by molar-refractivity contribution is 6.31. The molecule has 18 nitrogen and oxygen atoms in total. The number of aliphatic hydroxyl groups excluding tert-OH is 2. The van der Waals surface area contributed by atoms with Crippen molar-refractivity contribution in [1.29, 1.82) is 5.26 Å². The summed E-state index contributed by atoms with van der Waals surface area (Å²) >= 11 is 6.69. The average Bonchev–Trinajstić information content (AvgIpc) is 3.82. The molecule has 4 atom stereocenters. The van der Waals surface area contributed by atoms with Gasteiger partial charge in [-0.1, -0.05) is 42.8 Å². The number of nitriles is 1. The first-order valence-electron chi connectivity index (χ1n) is 24.5. The molecule has 4 N–H and O–H groups in total. The molecule has 3 amide bonds. The zero-order valence-corrected chi connectivity index (χ0v) is 41.4. The number of carbonyl (C=O) groups excluding carboxylic acids is 3. The molecule has 1 unspecified atom stereocenters. The molecule has 392 valence electrons. The highest BCUT2D eigenvalue weighted by Gasteiger charge is 2.49. The van der Waals surface area contributed by atoms with Crippen LogP contribution in [-0.4, -0.2) is 121 Å². The number of fused-ring (bicyclic) bond motifs is 1. The number of hydrogen-bond acceptors (Lipinski definition) is 14. The van der Waals surface area contributed by atoms with E-state index < -0.39 is 97.9 Å². The normalized spacial score (nSPS) is 18.5. The van der Waals surface area contributed by atoms with E-state index in [1.165, 1.54) is 36.5 Å². The number of piperazine rings is 1. The van der Waals surface area contributed by atoms with Gasteiger partial charge in [0.05, 0.1) is 30.1 Å². The maximum absolute atomic E-state index is 15.5. The predicted octanol–water partition coefficient (Wildman–Crippen LogP) is 6.34. The quantitative estimate of drug-likeness (QED) is 0.0546. The highest BCUT2D eigenvalue weighted by Crippen LogP contribution is 2.41. The third-order valence-corrected chi connectivity index (χ3v) is 14.0. The molecule has 1 aliphatic carbocycles. The van der Waals surface area contributed by atoms with Gasteiger partial charge in [-0.25, -0.2) is 32.5 Å². The fourth-order valence-corrected chi connectivity index (χ4v) is 10.1. The van der Waals surface area contributed by atoms with Crippen molar-refractivity contribution in [3.63, 3.8) is 0 Å². The number of alkyl halides is 2. The van der Waals surface area contributed by atoms with Crippen molar-refractivity contribution in [3.8, 4) is 11.9 Å². The monoisotopic (exact) mass is 1050 g/mol. The van der Waals surface area contributed by atoms with Crippen LogP contribution in [0.3, 0.4) is 0 Å². The molecule has 1 saturated carbocycles. The number of piperidine rings is 1. The van der Waals surface area contributed by atoms with Crippen molar-refractivity contribution < 1.29 is 46.9 Å². The van der Waals surface area contributed by atoms with Crippen LogP contribution in [0.25, 0.3) is 5.65 Å². The fourth-order valence-electron chi connectivity index (χ4n) is 9.88. The molecule has 6 heterocycles. The topological polar surface area (TPSA) is 218 Å². The number of anilines is 4. The summed E-state index contributed by atoms with van der Waals surface area (Å²) in [5.41, 5.74) is 2.10. The molecular formula is C52H53ClF4N12O6. The van der Waals surface area contributed by atoms with E-state index in [1.807, 2.05) is 19.1 Å². The van der Waals surface area contributed by atoms with Crippen molar-refractivity contribution in [3.05, 3.63) is 130 Å². The molecule has 9 rings (SSSR count). The second kappa shape index (κ2) is 22.6. The molecule has 23 heteroatoms. The zero-order valence-electron chi connectivity index (χ0n) is 40.6. The van der Waals surface area contributed by atoms with Crippen LogP contribution in [0.4, 0.5) is 40.7 Å². The molecule has 0 spiro atoms. The van der Waals surface area contributed by atoms with Crippen LogP contribution in [0.5, 0.6) is 5.88 Å². The fraction of sp³-hybridized carbons (Fsp3) is 0.385. The standard InChI is InChI=1S/C52H53ClF4N12O6/c1-2-33-27-62-69-43(21-44(64-49(33)69)66-15-6-5-7-37(66)13-16-70)60-25-32-10-11-45(61-26-32)75-30-47(72)65-28-41(68(46(71)29-65)42-17-31(24-58)12-14-59-42)51(74)67(38-19-34(54)18-35(55)20-38)48(39-8-3-4-9-40(39)53)50(73)63-36-22-52(56,57)23-36/h3-4,8-12,14,17-21,26-27,36-37,41,48,50,60,63,70,73H,2,5-7,13,15-16,22-23,25,28-30H2,1H3/t37-,41-,48-,50?/m0/s1. The third kappa shape index (κ3) is 11.6. The van der Waals surface area contributed by atoms with Crippen LogP contribution < -0.4 is 30.1 Å². The van der Waals surface area contributed by atoms with Crippen LogP contribution in [0.15, 0.2) is 91.4 Å². The Morgan fingerprint density at radius 2 is 1.81 bits per heavy atom. The molecule has 4 aromatic heterocycles. The highest BCUT2D eigenvalue weighted by atomic mass is 35.5. The summed E-state index contributed by atoms with van der Waals surface area (Å²) in [4.78, 5) is 62.7. The van der Waals surface area contributed by atoms with Gasteiger partial charge in [-0.15, -0.1) is 0 Å². The number of aromatic nitrogens is 5. The van der Waals surface area contributed by atoms with Crippen molar-refractivity contribution in [2.24, 2.45) is 0 Å². The lowest BCUT2D eigenvalue weighted by atomic mass is 9.87. The summed E-state index contributed by atoms with van der Waals surface area (Å²) < 4.78 is 66.2. The maximum Gasteiger partial charge on any atom is 0.261 e. The number of nitrogens with zero attached hydrogens (tertiary/aromatic N) is 10. The van der Waals surface area contributed by atoms with Crippen LogP contribution in [0.2, 0.25) is 5.02 Å². The van der Waals surface area contributed by atoms with Gasteiger partial charge in [-0.2, -0.15) is 14.9 Å². The van der Waals surface area contributed by atoms with Gasteiger partial charge >= 0.3 is 0 Å². The number of aryl methyl sites for hydroxylation is 1. The van der Waals surface area contributed by atoms with Gasteiger partial charge in [0.1, 0.15) is 53.9 Å². The maximum atomic E-state index is 15.5. The molecule has 0 bridgehead atoms. The molecule has 75 heavy (non-hydrogen) atoms. The number of pyridine rings is 2. The number of ether oxygens (including phenoxy) is 1. The first-order chi connectivity index (χ1) is 36.1. The number of aliphatic hydroxyl groups is 2. The molecule has 2 saturated heterocycles. The van der Waals surface area contributed by atoms with Crippen LogP contribution in [0, 0.1) is 23.0 Å². The van der Waals surface area contributed by atoms with E-state index in [4.69, 9.17) is 21.3 Å². The number of hydrogen-bond donors (Lipinski definition) is 4. The lowest BCUT2D eigenvalue weighted by Crippen LogP contribution is -2.65. The molecule has 6 aromatic rings. The van der Waals surface area contributed by atoms with Crippen LogP contribution in [0.1, 0.15) is 73.7 Å². The van der Waals surface area contributed by atoms with Crippen LogP contribution >= 0.6 is 11.6 Å². The van der Waals surface area contributed by atoms with E-state index in [2.05, 4.69) is 30.6 Å². The lowest BCUT2D eigenvalue weighted by Gasteiger charge is -2.45. The second-order valence-corrected chi connectivity index (χ2v) is 19.1. The van der Waals surface area contributed by atoms with Gasteiger partial charge < -0.3 is 30.1 Å². The van der Waals surface area contributed by atoms with E-state index in [1.54, 1.807) is 35.1 Å². The Hall–Kier alpha value is -7.45. The van der Waals surface area contributed by atoms with Crippen molar-refractivity contribution in [2.75, 3.05) is 52.9 Å². The Morgan fingerprint density at radius 3 is 2.52 bits per heavy atom. The molecule has 0 radical (unpaired) electrons. The van der Waals surface area contributed by atoms with Gasteiger partial charge in [0.15, 0.2) is 12.3 Å². The van der Waals surface area contributed by atoms with Gasteiger partial charge in [-0.3, -0.25) is 29.5 Å². The summed E-state index contributed by atoms with van der Waals surface area (Å²) in [6, 6.07) is 13.7. The van der Waals surface area contributed by atoms with E-state index in [0.29, 0.717) is 24.8 Å². The SMILES string of the molecule is CCc1cnn2c(NCc3ccc(OCC(=O)N4CC(=O)N(c5cc(C#N)ccn5)[C@H](C(=O)N(c5cc(F)cc(F)c5)[C@@H](c5ccccc5Cl)C(O)NC5CC(F)(F)C5)C4)nc3)cc(N3CCCC[C@H]3CCO)nc12. The largest absolute Gasteiger partial charge is 0.468 e. The summed E-state index contributed by atoms with van der Waals surface area (Å²) in [6.45, 7) is 1.43. The number of amides is 3. The summed E-state index contributed by atoms with van der Waals surface area (Å²) in [7, 11) is 0. The summed E-state index contributed by atoms with van der Waals surface area (Å²) in [6.07, 6.45) is 5.80. The van der Waals surface area contributed by atoms with Crippen LogP contribution in [-0.2, 0) is 27.3 Å². The van der Waals surface area contributed by atoms with Gasteiger partial charge in [0, 0.05) is 85.8 Å². The predicted molar refractivity (Wildman–Crippen MR) is 268 cm³/mol. The van der Waals surface area contributed by atoms with Gasteiger partial charge in [0.25, 0.3) is 17.7 Å². The minimum atomic E-state index is -3.03. The first-order valence-corrected chi connectivity index (χ1v) is 24.9. The lowest BCUT2D eigenvalue weighted by molar-refractivity contribution is -0.141. The van der Waals surface area contributed by atoms with E-state index in [9.17, 15) is 33.8 Å². The first kappa shape index (κ1) is 52.4. The minimum absolute atomic E-state index is 0.0194. The molecule has 2 aliphatic heterocycles. The Morgan fingerprint density at radius 1 is 1.03 bits per heavy atom. The Kier molecular flexibility index (Phi) is 15.8.